The second-order valence-corrected chi connectivity index (χ2v) is 5.60. The van der Waals surface area contributed by atoms with Gasteiger partial charge < -0.3 is 5.73 Å². The molecule has 0 aliphatic rings. The van der Waals surface area contributed by atoms with E-state index in [0.29, 0.717) is 0 Å². The minimum absolute atomic E-state index is 0.730. The first-order valence-electron chi connectivity index (χ1n) is 7.67. The molecule has 3 aromatic carbocycles. The number of fused-ring (bicyclic) bond motifs is 1. The molecule has 4 rings (SSSR count). The molecule has 0 spiro atoms. The van der Waals surface area contributed by atoms with Crippen LogP contribution in [0.5, 0.6) is 0 Å². The molecule has 2 N–H and O–H groups in total. The largest absolute Gasteiger partial charge is 0.398 e. The first-order chi connectivity index (χ1) is 11.3. The third kappa shape index (κ3) is 2.46. The van der Waals surface area contributed by atoms with E-state index in [9.17, 15) is 0 Å². The number of nitrogens with two attached hydrogens (primary N) is 1. The molecular formula is C20H17N3. The lowest BCUT2D eigenvalue weighted by Gasteiger charge is -2.04. The van der Waals surface area contributed by atoms with E-state index in [2.05, 4.69) is 30.3 Å². The Labute approximate surface area is 135 Å². The lowest BCUT2D eigenvalue weighted by atomic mass is 10.1. The number of rotatable bonds is 3. The normalized spacial score (nSPS) is 11.0. The molecule has 0 saturated heterocycles. The van der Waals surface area contributed by atoms with E-state index in [-0.39, 0.29) is 0 Å². The van der Waals surface area contributed by atoms with Crippen molar-refractivity contribution in [2.24, 2.45) is 0 Å². The van der Waals surface area contributed by atoms with Crippen LogP contribution in [0.15, 0.2) is 78.9 Å². The van der Waals surface area contributed by atoms with Crippen LogP contribution in [0.4, 0.5) is 5.69 Å². The van der Waals surface area contributed by atoms with Crippen molar-refractivity contribution in [3.8, 4) is 11.3 Å². The molecule has 0 amide bonds. The summed E-state index contributed by atoms with van der Waals surface area (Å²) in [7, 11) is 0. The second kappa shape index (κ2) is 5.61. The SMILES string of the molecule is Nc1cccc2c1c(-c1ccccc1)nn2Cc1ccccc1. The number of aromatic nitrogens is 2. The van der Waals surface area contributed by atoms with Crippen LogP contribution in [-0.2, 0) is 6.54 Å². The molecule has 4 aromatic rings. The van der Waals surface area contributed by atoms with Crippen molar-refractivity contribution >= 4 is 16.6 Å². The van der Waals surface area contributed by atoms with E-state index < -0.39 is 0 Å². The highest BCUT2D eigenvalue weighted by molar-refractivity contribution is 6.01. The molecule has 0 radical (unpaired) electrons. The maximum atomic E-state index is 6.25. The van der Waals surface area contributed by atoms with Crippen molar-refractivity contribution in [1.82, 2.24) is 9.78 Å². The monoisotopic (exact) mass is 299 g/mol. The zero-order chi connectivity index (χ0) is 15.6. The first kappa shape index (κ1) is 13.6. The summed E-state index contributed by atoms with van der Waals surface area (Å²) in [5, 5.41) is 5.88. The van der Waals surface area contributed by atoms with Crippen LogP contribution in [0, 0.1) is 0 Å². The lowest BCUT2D eigenvalue weighted by Crippen LogP contribution is -2.01. The average molecular weight is 299 g/mol. The highest BCUT2D eigenvalue weighted by atomic mass is 15.3. The predicted molar refractivity (Wildman–Crippen MR) is 95.1 cm³/mol. The van der Waals surface area contributed by atoms with Crippen molar-refractivity contribution in [2.45, 2.75) is 6.54 Å². The molecule has 1 heterocycles. The minimum atomic E-state index is 0.730. The third-order valence-electron chi connectivity index (χ3n) is 4.03. The zero-order valence-electron chi connectivity index (χ0n) is 12.7. The van der Waals surface area contributed by atoms with Gasteiger partial charge in [0.15, 0.2) is 0 Å². The molecule has 0 aliphatic carbocycles. The molecule has 1 aromatic heterocycles. The van der Waals surface area contributed by atoms with E-state index in [1.807, 2.05) is 53.2 Å². The molecule has 0 atom stereocenters. The van der Waals surface area contributed by atoms with Gasteiger partial charge in [-0.1, -0.05) is 66.7 Å². The van der Waals surface area contributed by atoms with Crippen LogP contribution in [0.2, 0.25) is 0 Å². The molecular weight excluding hydrogens is 282 g/mol. The van der Waals surface area contributed by atoms with Gasteiger partial charge in [0.05, 0.1) is 17.4 Å². The molecule has 23 heavy (non-hydrogen) atoms. The van der Waals surface area contributed by atoms with E-state index in [0.717, 1.165) is 34.4 Å². The maximum absolute atomic E-state index is 6.25. The van der Waals surface area contributed by atoms with Gasteiger partial charge in [-0.25, -0.2) is 0 Å². The van der Waals surface area contributed by atoms with Gasteiger partial charge in [0.1, 0.15) is 5.69 Å². The van der Waals surface area contributed by atoms with E-state index in [1.54, 1.807) is 0 Å². The van der Waals surface area contributed by atoms with Gasteiger partial charge in [-0.3, -0.25) is 4.68 Å². The Hall–Kier alpha value is -3.07. The summed E-state index contributed by atoms with van der Waals surface area (Å²) < 4.78 is 2.03. The average Bonchev–Trinajstić information content (AvgIpc) is 2.97. The fraction of sp³-hybridized carbons (Fsp3) is 0.0500. The van der Waals surface area contributed by atoms with Crippen molar-refractivity contribution in [3.63, 3.8) is 0 Å². The molecule has 0 bridgehead atoms. The molecule has 0 saturated carbocycles. The van der Waals surface area contributed by atoms with E-state index in [1.165, 1.54) is 5.56 Å². The fourth-order valence-electron chi connectivity index (χ4n) is 2.93. The third-order valence-corrected chi connectivity index (χ3v) is 4.03. The van der Waals surface area contributed by atoms with Crippen LogP contribution < -0.4 is 5.73 Å². The summed E-state index contributed by atoms with van der Waals surface area (Å²) in [6.07, 6.45) is 0. The maximum Gasteiger partial charge on any atom is 0.102 e. The Morgan fingerprint density at radius 2 is 1.48 bits per heavy atom. The number of nitrogen functional groups attached to an aromatic ring is 1. The molecule has 3 nitrogen and oxygen atoms in total. The molecule has 0 fully saturated rings. The fourth-order valence-corrected chi connectivity index (χ4v) is 2.93. The van der Waals surface area contributed by atoms with Crippen molar-refractivity contribution in [3.05, 3.63) is 84.4 Å². The van der Waals surface area contributed by atoms with Crippen molar-refractivity contribution < 1.29 is 0 Å². The zero-order valence-corrected chi connectivity index (χ0v) is 12.7. The lowest BCUT2D eigenvalue weighted by molar-refractivity contribution is 0.715. The number of anilines is 1. The van der Waals surface area contributed by atoms with E-state index in [4.69, 9.17) is 10.8 Å². The number of hydrogen-bond donors (Lipinski definition) is 1. The highest BCUT2D eigenvalue weighted by Crippen LogP contribution is 2.32. The Bertz CT molecular complexity index is 941. The summed E-state index contributed by atoms with van der Waals surface area (Å²) >= 11 is 0. The van der Waals surface area contributed by atoms with Crippen LogP contribution in [0.3, 0.4) is 0 Å². The number of nitrogens with zero attached hydrogens (tertiary/aromatic N) is 2. The molecule has 0 aliphatic heterocycles. The Balaban J connectivity index is 1.91. The second-order valence-electron chi connectivity index (χ2n) is 5.60. The Morgan fingerprint density at radius 1 is 0.783 bits per heavy atom. The summed E-state index contributed by atoms with van der Waals surface area (Å²) in [4.78, 5) is 0. The van der Waals surface area contributed by atoms with Gasteiger partial charge in [0.2, 0.25) is 0 Å². The quantitative estimate of drug-likeness (QED) is 0.572. The van der Waals surface area contributed by atoms with Gasteiger partial charge in [-0.05, 0) is 17.7 Å². The van der Waals surface area contributed by atoms with Crippen LogP contribution >= 0.6 is 0 Å². The standard InChI is InChI=1S/C20H17N3/c21-17-12-7-13-18-19(17)20(16-10-5-2-6-11-16)22-23(18)14-15-8-3-1-4-9-15/h1-13H,14,21H2. The Morgan fingerprint density at radius 3 is 2.22 bits per heavy atom. The van der Waals surface area contributed by atoms with Crippen LogP contribution in [0.25, 0.3) is 22.2 Å². The van der Waals surface area contributed by atoms with Crippen LogP contribution in [0.1, 0.15) is 5.56 Å². The first-order valence-corrected chi connectivity index (χ1v) is 7.67. The van der Waals surface area contributed by atoms with E-state index >= 15 is 0 Å². The summed E-state index contributed by atoms with van der Waals surface area (Å²) in [6, 6.07) is 26.5. The molecule has 0 unspecified atom stereocenters. The topological polar surface area (TPSA) is 43.8 Å². The smallest absolute Gasteiger partial charge is 0.102 e. The van der Waals surface area contributed by atoms with Gasteiger partial charge in [-0.15, -0.1) is 0 Å². The summed E-state index contributed by atoms with van der Waals surface area (Å²) in [5.74, 6) is 0. The highest BCUT2D eigenvalue weighted by Gasteiger charge is 2.14. The van der Waals surface area contributed by atoms with Crippen molar-refractivity contribution in [2.75, 3.05) is 5.73 Å². The molecule has 3 heteroatoms. The van der Waals surface area contributed by atoms with Gasteiger partial charge in [0, 0.05) is 11.3 Å². The van der Waals surface area contributed by atoms with Crippen LogP contribution in [-0.4, -0.2) is 9.78 Å². The minimum Gasteiger partial charge on any atom is -0.398 e. The summed E-state index contributed by atoms with van der Waals surface area (Å²) in [5.41, 5.74) is 11.3. The summed E-state index contributed by atoms with van der Waals surface area (Å²) in [6.45, 7) is 0.730. The van der Waals surface area contributed by atoms with Gasteiger partial charge in [-0.2, -0.15) is 5.10 Å². The Kier molecular flexibility index (Phi) is 3.31. The van der Waals surface area contributed by atoms with Gasteiger partial charge in [0.25, 0.3) is 0 Å². The van der Waals surface area contributed by atoms with Crippen molar-refractivity contribution in [1.29, 1.82) is 0 Å². The predicted octanol–water partition coefficient (Wildman–Crippen LogP) is 4.33. The number of hydrogen-bond acceptors (Lipinski definition) is 2. The number of benzene rings is 3. The van der Waals surface area contributed by atoms with Gasteiger partial charge >= 0.3 is 0 Å². The molecule has 112 valence electrons.